The van der Waals surface area contributed by atoms with E-state index in [-0.39, 0.29) is 4.75 Å². The third kappa shape index (κ3) is 3.82. The summed E-state index contributed by atoms with van der Waals surface area (Å²) in [5.41, 5.74) is 7.22. The predicted octanol–water partition coefficient (Wildman–Crippen LogP) is 1.73. The first kappa shape index (κ1) is 15.0. The zero-order chi connectivity index (χ0) is 14.6. The van der Waals surface area contributed by atoms with E-state index in [4.69, 9.17) is 5.73 Å². The van der Waals surface area contributed by atoms with Gasteiger partial charge in [0.15, 0.2) is 5.96 Å². The van der Waals surface area contributed by atoms with E-state index in [1.54, 1.807) is 0 Å². The average Bonchev–Trinajstić information content (AvgIpc) is 2.57. The van der Waals surface area contributed by atoms with Gasteiger partial charge in [-0.2, -0.15) is 0 Å². The molecular weight excluding hydrogens is 270 g/mol. The molecule has 0 radical (unpaired) electrons. The third-order valence-electron chi connectivity index (χ3n) is 3.74. The van der Waals surface area contributed by atoms with Crippen molar-refractivity contribution in [3.63, 3.8) is 0 Å². The molecule has 1 aromatic carbocycles. The van der Waals surface area contributed by atoms with Crippen LogP contribution in [0.1, 0.15) is 25.8 Å². The molecular formula is C15H23N3OS. The first-order valence-corrected chi connectivity index (χ1v) is 8.28. The molecule has 0 amide bonds. The van der Waals surface area contributed by atoms with Crippen molar-refractivity contribution in [1.82, 2.24) is 4.90 Å². The number of benzene rings is 1. The highest BCUT2D eigenvalue weighted by Gasteiger charge is 2.30. The molecule has 0 saturated carbocycles. The normalized spacial score (nSPS) is 23.4. The third-order valence-corrected chi connectivity index (χ3v) is 5.73. The maximum Gasteiger partial charge on any atom is 0.191 e. The summed E-state index contributed by atoms with van der Waals surface area (Å²) in [6.45, 7) is 6.26. The van der Waals surface area contributed by atoms with E-state index in [1.807, 2.05) is 30.3 Å². The van der Waals surface area contributed by atoms with E-state index in [0.717, 1.165) is 25.1 Å². The fourth-order valence-electron chi connectivity index (χ4n) is 2.18. The lowest BCUT2D eigenvalue weighted by Gasteiger charge is -2.23. The Morgan fingerprint density at radius 3 is 2.75 bits per heavy atom. The minimum Gasteiger partial charge on any atom is -0.370 e. The van der Waals surface area contributed by atoms with E-state index in [1.165, 1.54) is 0 Å². The summed E-state index contributed by atoms with van der Waals surface area (Å²) in [6, 6.07) is 10.1. The van der Waals surface area contributed by atoms with Gasteiger partial charge in [0.25, 0.3) is 0 Å². The smallest absolute Gasteiger partial charge is 0.191 e. The lowest BCUT2D eigenvalue weighted by Crippen LogP contribution is -2.39. The number of nitrogens with two attached hydrogens (primary N) is 1. The van der Waals surface area contributed by atoms with Crippen LogP contribution in [-0.4, -0.2) is 38.7 Å². The Hall–Kier alpha value is -1.36. The second-order valence-electron chi connectivity index (χ2n) is 5.71. The highest BCUT2D eigenvalue weighted by molar-refractivity contribution is 7.86. The molecule has 1 saturated heterocycles. The van der Waals surface area contributed by atoms with E-state index in [9.17, 15) is 4.21 Å². The van der Waals surface area contributed by atoms with Crippen molar-refractivity contribution in [2.24, 2.45) is 10.7 Å². The van der Waals surface area contributed by atoms with Gasteiger partial charge >= 0.3 is 0 Å². The van der Waals surface area contributed by atoms with Crippen molar-refractivity contribution in [3.05, 3.63) is 35.9 Å². The zero-order valence-corrected chi connectivity index (χ0v) is 13.0. The molecule has 4 nitrogen and oxygen atoms in total. The average molecular weight is 293 g/mol. The van der Waals surface area contributed by atoms with Crippen LogP contribution in [0.4, 0.5) is 0 Å². The number of hydrogen-bond donors (Lipinski definition) is 1. The van der Waals surface area contributed by atoms with Gasteiger partial charge in [-0.05, 0) is 25.8 Å². The minimum atomic E-state index is -0.797. The summed E-state index contributed by atoms with van der Waals surface area (Å²) in [4.78, 5) is 6.51. The summed E-state index contributed by atoms with van der Waals surface area (Å²) in [7, 11) is -0.797. The van der Waals surface area contributed by atoms with Crippen LogP contribution in [0.2, 0.25) is 0 Å². The molecule has 1 aromatic rings. The predicted molar refractivity (Wildman–Crippen MR) is 85.0 cm³/mol. The summed E-state index contributed by atoms with van der Waals surface area (Å²) >= 11 is 0. The number of aliphatic imine (C=N–C) groups is 1. The first-order chi connectivity index (χ1) is 9.49. The van der Waals surface area contributed by atoms with Crippen LogP contribution < -0.4 is 5.73 Å². The van der Waals surface area contributed by atoms with Gasteiger partial charge in [0.2, 0.25) is 0 Å². The number of hydrogen-bond acceptors (Lipinski definition) is 2. The van der Waals surface area contributed by atoms with Crippen molar-refractivity contribution in [2.45, 2.75) is 31.6 Å². The SMILES string of the molecule is CC1(C)CCN(C(N)=NCc2ccccc2)CCS1=O. The van der Waals surface area contributed by atoms with Crippen LogP contribution in [0.3, 0.4) is 0 Å². The molecule has 0 spiro atoms. The van der Waals surface area contributed by atoms with Crippen LogP contribution in [0.15, 0.2) is 35.3 Å². The van der Waals surface area contributed by atoms with Gasteiger partial charge in [0.1, 0.15) is 0 Å². The molecule has 2 N–H and O–H groups in total. The number of nitrogens with zero attached hydrogens (tertiary/aromatic N) is 2. The van der Waals surface area contributed by atoms with E-state index < -0.39 is 10.8 Å². The lowest BCUT2D eigenvalue weighted by molar-refractivity contribution is 0.416. The first-order valence-electron chi connectivity index (χ1n) is 6.96. The Bertz CT molecular complexity index is 499. The zero-order valence-electron chi connectivity index (χ0n) is 12.2. The van der Waals surface area contributed by atoms with Gasteiger partial charge < -0.3 is 10.6 Å². The molecule has 0 aliphatic carbocycles. The Balaban J connectivity index is 1.99. The second kappa shape index (κ2) is 6.39. The van der Waals surface area contributed by atoms with Gasteiger partial charge in [-0.3, -0.25) is 4.21 Å². The largest absolute Gasteiger partial charge is 0.370 e. The maximum absolute atomic E-state index is 12.1. The molecule has 2 rings (SSSR count). The fraction of sp³-hybridized carbons (Fsp3) is 0.533. The standard InChI is InChI=1S/C15H23N3OS/c1-15(2)8-9-18(10-11-20(15)19)14(16)17-12-13-6-4-3-5-7-13/h3-7H,8-12H2,1-2H3,(H2,16,17). The van der Waals surface area contributed by atoms with Crippen molar-refractivity contribution in [2.75, 3.05) is 18.8 Å². The second-order valence-corrected chi connectivity index (χ2v) is 7.91. The molecule has 1 fully saturated rings. The topological polar surface area (TPSA) is 58.7 Å². The molecule has 5 heteroatoms. The highest BCUT2D eigenvalue weighted by atomic mass is 32.2. The molecule has 1 aliphatic rings. The van der Waals surface area contributed by atoms with Crippen molar-refractivity contribution in [1.29, 1.82) is 0 Å². The van der Waals surface area contributed by atoms with Crippen molar-refractivity contribution >= 4 is 16.8 Å². The van der Waals surface area contributed by atoms with Gasteiger partial charge in [0, 0.05) is 34.4 Å². The van der Waals surface area contributed by atoms with Crippen molar-refractivity contribution < 1.29 is 4.21 Å². The van der Waals surface area contributed by atoms with Crippen LogP contribution >= 0.6 is 0 Å². The fourth-order valence-corrected chi connectivity index (χ4v) is 3.44. The summed E-state index contributed by atoms with van der Waals surface area (Å²) in [6.07, 6.45) is 0.876. The molecule has 20 heavy (non-hydrogen) atoms. The van der Waals surface area contributed by atoms with Gasteiger partial charge in [0.05, 0.1) is 6.54 Å². The van der Waals surface area contributed by atoms with E-state index in [2.05, 4.69) is 23.7 Å². The molecule has 1 unspecified atom stereocenters. The summed E-state index contributed by atoms with van der Waals surface area (Å²) < 4.78 is 12.0. The summed E-state index contributed by atoms with van der Waals surface area (Å²) in [5, 5.41) is 0. The molecule has 1 aliphatic heterocycles. The lowest BCUT2D eigenvalue weighted by atomic mass is 10.1. The van der Waals surface area contributed by atoms with Gasteiger partial charge in [-0.25, -0.2) is 4.99 Å². The summed E-state index contributed by atoms with van der Waals surface area (Å²) in [5.74, 6) is 1.22. The van der Waals surface area contributed by atoms with E-state index >= 15 is 0 Å². The van der Waals surface area contributed by atoms with Crippen LogP contribution in [0, 0.1) is 0 Å². The molecule has 0 bridgehead atoms. The van der Waals surface area contributed by atoms with Crippen LogP contribution in [0.5, 0.6) is 0 Å². The minimum absolute atomic E-state index is 0.130. The molecule has 110 valence electrons. The number of guanidine groups is 1. The molecule has 1 atom stereocenters. The van der Waals surface area contributed by atoms with Crippen LogP contribution in [0.25, 0.3) is 0 Å². The quantitative estimate of drug-likeness (QED) is 0.667. The van der Waals surface area contributed by atoms with Crippen molar-refractivity contribution in [3.8, 4) is 0 Å². The highest BCUT2D eigenvalue weighted by Crippen LogP contribution is 2.21. The van der Waals surface area contributed by atoms with Crippen LogP contribution in [-0.2, 0) is 17.3 Å². The monoisotopic (exact) mass is 293 g/mol. The number of rotatable bonds is 2. The Kier molecular flexibility index (Phi) is 4.81. The molecule has 0 aromatic heterocycles. The molecule has 1 heterocycles. The maximum atomic E-state index is 12.1. The Labute approximate surface area is 123 Å². The Morgan fingerprint density at radius 2 is 2.05 bits per heavy atom. The van der Waals surface area contributed by atoms with E-state index in [0.29, 0.717) is 18.3 Å². The van der Waals surface area contributed by atoms with Gasteiger partial charge in [-0.1, -0.05) is 30.3 Å². The Morgan fingerprint density at radius 1 is 1.35 bits per heavy atom. The van der Waals surface area contributed by atoms with Gasteiger partial charge in [-0.15, -0.1) is 0 Å².